The topological polar surface area (TPSA) is 58.5 Å². The first-order valence-corrected chi connectivity index (χ1v) is 5.70. The summed E-state index contributed by atoms with van der Waals surface area (Å²) in [6.45, 7) is 5.91. The lowest BCUT2D eigenvalue weighted by atomic mass is 10.1. The van der Waals surface area contributed by atoms with Gasteiger partial charge in [-0.05, 0) is 19.3 Å². The fourth-order valence-electron chi connectivity index (χ4n) is 0.797. The second-order valence-corrected chi connectivity index (χ2v) is 5.04. The maximum atomic E-state index is 10.6. The Bertz CT molecular complexity index is 255. The SMILES string of the molecule is C/C(CC(C)C)=N\NS(C)(=O)=O. The molecule has 0 aliphatic carbocycles. The van der Waals surface area contributed by atoms with E-state index in [1.54, 1.807) is 6.92 Å². The molecule has 0 atom stereocenters. The van der Waals surface area contributed by atoms with Crippen LogP contribution in [-0.2, 0) is 10.0 Å². The van der Waals surface area contributed by atoms with Crippen LogP contribution in [0.15, 0.2) is 5.10 Å². The molecule has 0 unspecified atom stereocenters. The van der Waals surface area contributed by atoms with Crippen molar-refractivity contribution in [2.75, 3.05) is 6.26 Å². The van der Waals surface area contributed by atoms with Crippen LogP contribution in [0.25, 0.3) is 0 Å². The van der Waals surface area contributed by atoms with Gasteiger partial charge in [-0.3, -0.25) is 0 Å². The monoisotopic (exact) mass is 192 g/mol. The zero-order chi connectivity index (χ0) is 9.78. The second-order valence-electron chi connectivity index (χ2n) is 3.31. The predicted molar refractivity (Wildman–Crippen MR) is 50.5 cm³/mol. The molecule has 0 aliphatic heterocycles. The summed E-state index contributed by atoms with van der Waals surface area (Å²) in [5, 5.41) is 3.71. The summed E-state index contributed by atoms with van der Waals surface area (Å²) < 4.78 is 21.2. The minimum Gasteiger partial charge on any atom is -0.206 e. The van der Waals surface area contributed by atoms with E-state index < -0.39 is 10.0 Å². The smallest absolute Gasteiger partial charge is 0.206 e. The zero-order valence-electron chi connectivity index (χ0n) is 7.96. The van der Waals surface area contributed by atoms with E-state index in [9.17, 15) is 8.42 Å². The van der Waals surface area contributed by atoms with E-state index in [-0.39, 0.29) is 0 Å². The van der Waals surface area contributed by atoms with E-state index in [2.05, 4.69) is 23.8 Å². The lowest BCUT2D eigenvalue weighted by Crippen LogP contribution is -2.17. The van der Waals surface area contributed by atoms with Crippen molar-refractivity contribution in [1.82, 2.24) is 4.83 Å². The quantitative estimate of drug-likeness (QED) is 0.532. The minimum atomic E-state index is -3.19. The first-order chi connectivity index (χ1) is 5.31. The highest BCUT2D eigenvalue weighted by molar-refractivity contribution is 7.88. The van der Waals surface area contributed by atoms with Crippen LogP contribution in [-0.4, -0.2) is 20.4 Å². The third-order valence-electron chi connectivity index (χ3n) is 1.11. The van der Waals surface area contributed by atoms with Gasteiger partial charge in [-0.2, -0.15) is 5.10 Å². The van der Waals surface area contributed by atoms with E-state index in [0.29, 0.717) is 5.92 Å². The van der Waals surface area contributed by atoms with Gasteiger partial charge in [-0.1, -0.05) is 13.8 Å². The normalized spacial score (nSPS) is 13.6. The molecule has 0 saturated carbocycles. The number of nitrogens with one attached hydrogen (secondary N) is 1. The van der Waals surface area contributed by atoms with Gasteiger partial charge < -0.3 is 0 Å². The van der Waals surface area contributed by atoms with Crippen molar-refractivity contribution in [2.45, 2.75) is 27.2 Å². The van der Waals surface area contributed by atoms with Crippen LogP contribution in [0.3, 0.4) is 0 Å². The van der Waals surface area contributed by atoms with Crippen molar-refractivity contribution in [3.63, 3.8) is 0 Å². The highest BCUT2D eigenvalue weighted by atomic mass is 32.2. The summed E-state index contributed by atoms with van der Waals surface area (Å²) in [6.07, 6.45) is 1.89. The first-order valence-electron chi connectivity index (χ1n) is 3.81. The molecular weight excluding hydrogens is 176 g/mol. The maximum absolute atomic E-state index is 10.6. The molecule has 0 heterocycles. The molecule has 12 heavy (non-hydrogen) atoms. The Morgan fingerprint density at radius 1 is 1.50 bits per heavy atom. The Labute approximate surface area is 74.1 Å². The highest BCUT2D eigenvalue weighted by Crippen LogP contribution is 2.00. The Morgan fingerprint density at radius 2 is 2.00 bits per heavy atom. The molecule has 0 rings (SSSR count). The molecule has 0 aromatic heterocycles. The molecule has 0 aromatic carbocycles. The Morgan fingerprint density at radius 3 is 2.33 bits per heavy atom. The molecule has 0 spiro atoms. The van der Waals surface area contributed by atoms with Crippen LogP contribution in [0.2, 0.25) is 0 Å². The van der Waals surface area contributed by atoms with Crippen LogP contribution in [0.5, 0.6) is 0 Å². The molecule has 0 saturated heterocycles. The summed E-state index contributed by atoms with van der Waals surface area (Å²) in [7, 11) is -3.19. The van der Waals surface area contributed by atoms with Gasteiger partial charge in [0, 0.05) is 5.71 Å². The largest absolute Gasteiger partial charge is 0.244 e. The second kappa shape index (κ2) is 4.45. The molecule has 4 nitrogen and oxygen atoms in total. The average Bonchev–Trinajstić information content (AvgIpc) is 1.80. The molecule has 0 aliphatic rings. The van der Waals surface area contributed by atoms with Crippen molar-refractivity contribution in [2.24, 2.45) is 11.0 Å². The summed E-state index contributed by atoms with van der Waals surface area (Å²) in [4.78, 5) is 2.09. The number of rotatable bonds is 4. The molecule has 0 radical (unpaired) electrons. The Hall–Kier alpha value is -0.580. The third kappa shape index (κ3) is 7.53. The maximum Gasteiger partial charge on any atom is 0.244 e. The molecule has 0 aromatic rings. The standard InChI is InChI=1S/C7H16N2O2S/c1-6(2)5-7(3)8-9-12(4,10)11/h6,9H,5H2,1-4H3/b8-7+. The first kappa shape index (κ1) is 11.4. The molecule has 5 heteroatoms. The van der Waals surface area contributed by atoms with E-state index in [1.807, 2.05) is 0 Å². The van der Waals surface area contributed by atoms with Crippen molar-refractivity contribution in [1.29, 1.82) is 0 Å². The Kier molecular flexibility index (Phi) is 4.23. The average molecular weight is 192 g/mol. The van der Waals surface area contributed by atoms with Crippen LogP contribution in [0, 0.1) is 5.92 Å². The van der Waals surface area contributed by atoms with Gasteiger partial charge in [-0.25, -0.2) is 13.2 Å². The molecule has 0 fully saturated rings. The van der Waals surface area contributed by atoms with Gasteiger partial charge in [-0.15, -0.1) is 0 Å². The number of hydrazone groups is 1. The number of sulfonamides is 1. The lowest BCUT2D eigenvalue weighted by molar-refractivity contribution is 0.589. The zero-order valence-corrected chi connectivity index (χ0v) is 8.77. The van der Waals surface area contributed by atoms with Crippen molar-refractivity contribution < 1.29 is 8.42 Å². The summed E-state index contributed by atoms with van der Waals surface area (Å²) in [5.74, 6) is 0.495. The lowest BCUT2D eigenvalue weighted by Gasteiger charge is -2.03. The minimum absolute atomic E-state index is 0.495. The number of nitrogens with zero attached hydrogens (tertiary/aromatic N) is 1. The molecule has 1 N–H and O–H groups in total. The molecule has 0 amide bonds. The number of hydrogen-bond donors (Lipinski definition) is 1. The molecule has 72 valence electrons. The summed E-state index contributed by atoms with van der Waals surface area (Å²) in [6, 6.07) is 0. The van der Waals surface area contributed by atoms with E-state index >= 15 is 0 Å². The molecular formula is C7H16N2O2S. The fraction of sp³-hybridized carbons (Fsp3) is 0.857. The van der Waals surface area contributed by atoms with Gasteiger partial charge in [0.1, 0.15) is 0 Å². The van der Waals surface area contributed by atoms with Gasteiger partial charge in [0.05, 0.1) is 6.26 Å². The summed E-state index contributed by atoms with van der Waals surface area (Å²) >= 11 is 0. The highest BCUT2D eigenvalue weighted by Gasteiger charge is 1.99. The fourth-order valence-corrected chi connectivity index (χ4v) is 1.12. The third-order valence-corrected chi connectivity index (χ3v) is 1.53. The van der Waals surface area contributed by atoms with Gasteiger partial charge in [0.25, 0.3) is 0 Å². The predicted octanol–water partition coefficient (Wildman–Crippen LogP) is 0.958. The van der Waals surface area contributed by atoms with Crippen LogP contribution in [0.4, 0.5) is 0 Å². The van der Waals surface area contributed by atoms with E-state index in [1.165, 1.54) is 0 Å². The van der Waals surface area contributed by atoms with Crippen molar-refractivity contribution in [3.05, 3.63) is 0 Å². The van der Waals surface area contributed by atoms with Crippen LogP contribution >= 0.6 is 0 Å². The van der Waals surface area contributed by atoms with Crippen LogP contribution < -0.4 is 4.83 Å². The Balaban J connectivity index is 4.02. The van der Waals surface area contributed by atoms with Gasteiger partial charge in [0.15, 0.2) is 0 Å². The van der Waals surface area contributed by atoms with Crippen LogP contribution in [0.1, 0.15) is 27.2 Å². The van der Waals surface area contributed by atoms with Gasteiger partial charge in [0.2, 0.25) is 10.0 Å². The number of hydrogen-bond acceptors (Lipinski definition) is 3. The summed E-state index contributed by atoms with van der Waals surface area (Å²) in [5.41, 5.74) is 0.801. The van der Waals surface area contributed by atoms with E-state index in [0.717, 1.165) is 18.4 Å². The van der Waals surface area contributed by atoms with Crippen molar-refractivity contribution >= 4 is 15.7 Å². The van der Waals surface area contributed by atoms with E-state index in [4.69, 9.17) is 0 Å². The molecule has 0 bridgehead atoms. The van der Waals surface area contributed by atoms with Crippen molar-refractivity contribution in [3.8, 4) is 0 Å². The van der Waals surface area contributed by atoms with Gasteiger partial charge >= 0.3 is 0 Å².